The van der Waals surface area contributed by atoms with Crippen molar-refractivity contribution in [1.29, 1.82) is 0 Å². The van der Waals surface area contributed by atoms with Crippen LogP contribution in [0.5, 0.6) is 0 Å². The number of aliphatic hydroxyl groups is 2. The van der Waals surface area contributed by atoms with E-state index in [0.29, 0.717) is 11.3 Å². The number of carbonyl (C=O) groups is 1. The van der Waals surface area contributed by atoms with Crippen LogP contribution in [-0.2, 0) is 4.79 Å². The largest absolute Gasteiger partial charge is 0.508 e. The summed E-state index contributed by atoms with van der Waals surface area (Å²) in [7, 11) is 0. The number of hydrogen-bond donors (Lipinski definition) is 3. The number of aliphatic hydroxyl groups excluding tert-OH is 1. The standard InChI is InChI=1S/C9H7NO4/c11-7-3-6-5(1-2-10-6)4-9(7,14)8(12)13/h1-4,11,14H,(H,12,13). The van der Waals surface area contributed by atoms with Crippen LogP contribution in [0.1, 0.15) is 0 Å². The molecule has 72 valence electrons. The number of carboxylic acids is 1. The molecular weight excluding hydrogens is 186 g/mol. The van der Waals surface area contributed by atoms with E-state index < -0.39 is 17.3 Å². The van der Waals surface area contributed by atoms with Gasteiger partial charge in [0.05, 0.1) is 5.71 Å². The van der Waals surface area contributed by atoms with Crippen molar-refractivity contribution in [2.75, 3.05) is 0 Å². The molecule has 5 heteroatoms. The Hall–Kier alpha value is -1.88. The van der Waals surface area contributed by atoms with Crippen LogP contribution in [0, 0.1) is 0 Å². The Balaban J connectivity index is 2.53. The van der Waals surface area contributed by atoms with Gasteiger partial charge in [-0.05, 0) is 12.2 Å². The highest BCUT2D eigenvalue weighted by atomic mass is 16.4. The minimum absolute atomic E-state index is 0.452. The van der Waals surface area contributed by atoms with E-state index >= 15 is 0 Å². The van der Waals surface area contributed by atoms with Crippen molar-refractivity contribution < 1.29 is 20.1 Å². The van der Waals surface area contributed by atoms with Crippen LogP contribution >= 0.6 is 0 Å². The van der Waals surface area contributed by atoms with Crippen LogP contribution in [0.25, 0.3) is 0 Å². The molecule has 5 nitrogen and oxygen atoms in total. The number of fused-ring (bicyclic) bond motifs is 1. The van der Waals surface area contributed by atoms with Crippen LogP contribution in [0.15, 0.2) is 40.8 Å². The summed E-state index contributed by atoms with van der Waals surface area (Å²) in [4.78, 5) is 14.6. The van der Waals surface area contributed by atoms with Crippen molar-refractivity contribution in [3.63, 3.8) is 0 Å². The first-order valence-corrected chi connectivity index (χ1v) is 3.88. The van der Waals surface area contributed by atoms with E-state index in [1.807, 2.05) is 0 Å². The highest BCUT2D eigenvalue weighted by Gasteiger charge is 2.42. The molecule has 0 saturated heterocycles. The third-order valence-electron chi connectivity index (χ3n) is 2.12. The highest BCUT2D eigenvalue weighted by Crippen LogP contribution is 2.27. The summed E-state index contributed by atoms with van der Waals surface area (Å²) in [6.45, 7) is 0. The smallest absolute Gasteiger partial charge is 0.347 e. The van der Waals surface area contributed by atoms with Gasteiger partial charge in [-0.25, -0.2) is 4.79 Å². The molecule has 1 aliphatic carbocycles. The summed E-state index contributed by atoms with van der Waals surface area (Å²) in [5.41, 5.74) is -1.38. The number of aliphatic carboxylic acids is 1. The van der Waals surface area contributed by atoms with E-state index in [9.17, 15) is 15.0 Å². The molecule has 0 aromatic heterocycles. The number of carboxylic acid groups (broad SMARTS) is 1. The molecule has 14 heavy (non-hydrogen) atoms. The number of rotatable bonds is 1. The highest BCUT2D eigenvalue weighted by molar-refractivity contribution is 6.15. The lowest BCUT2D eigenvalue weighted by atomic mass is 9.90. The quantitative estimate of drug-likeness (QED) is 0.553. The summed E-state index contributed by atoms with van der Waals surface area (Å²) in [6.07, 6.45) is 5.24. The van der Waals surface area contributed by atoms with Gasteiger partial charge in [0.1, 0.15) is 5.76 Å². The Morgan fingerprint density at radius 1 is 1.50 bits per heavy atom. The summed E-state index contributed by atoms with van der Waals surface area (Å²) in [5, 5.41) is 27.6. The predicted octanol–water partition coefficient (Wildman–Crippen LogP) is 0.152. The van der Waals surface area contributed by atoms with E-state index in [0.717, 1.165) is 12.2 Å². The van der Waals surface area contributed by atoms with Crippen molar-refractivity contribution >= 4 is 11.7 Å². The van der Waals surface area contributed by atoms with Gasteiger partial charge in [-0.3, -0.25) is 4.99 Å². The number of nitrogens with zero attached hydrogens (tertiary/aromatic N) is 1. The molecule has 0 amide bonds. The Kier molecular flexibility index (Phi) is 1.59. The monoisotopic (exact) mass is 193 g/mol. The van der Waals surface area contributed by atoms with Gasteiger partial charge in [0, 0.05) is 17.8 Å². The number of allylic oxidation sites excluding steroid dienone is 3. The zero-order valence-corrected chi connectivity index (χ0v) is 7.01. The fraction of sp³-hybridized carbons (Fsp3) is 0.111. The fourth-order valence-electron chi connectivity index (χ4n) is 1.31. The molecule has 0 spiro atoms. The molecule has 1 heterocycles. The SMILES string of the molecule is O=C(O)C1(O)C=C2C=CN=C2C=C1O. The van der Waals surface area contributed by atoms with Crippen molar-refractivity contribution in [2.24, 2.45) is 4.99 Å². The summed E-state index contributed by atoms with van der Waals surface area (Å²) >= 11 is 0. The molecular formula is C9H7NO4. The normalized spacial score (nSPS) is 29.1. The lowest BCUT2D eigenvalue weighted by Gasteiger charge is -2.22. The van der Waals surface area contributed by atoms with Gasteiger partial charge in [0.15, 0.2) is 0 Å². The first-order chi connectivity index (χ1) is 6.54. The van der Waals surface area contributed by atoms with E-state index in [1.165, 1.54) is 6.20 Å². The number of aliphatic imine (C=N–C) groups is 1. The second kappa shape index (κ2) is 2.55. The third kappa shape index (κ3) is 0.993. The van der Waals surface area contributed by atoms with Gasteiger partial charge in [0.2, 0.25) is 5.60 Å². The molecule has 3 N–H and O–H groups in total. The average molecular weight is 193 g/mol. The molecule has 0 radical (unpaired) electrons. The van der Waals surface area contributed by atoms with Gasteiger partial charge < -0.3 is 15.3 Å². The Morgan fingerprint density at radius 2 is 2.21 bits per heavy atom. The summed E-state index contributed by atoms with van der Waals surface area (Å²) in [6, 6.07) is 0. The maximum absolute atomic E-state index is 10.7. The summed E-state index contributed by atoms with van der Waals surface area (Å²) < 4.78 is 0. The first kappa shape index (κ1) is 8.71. The molecule has 1 aliphatic heterocycles. The minimum Gasteiger partial charge on any atom is -0.508 e. The Labute approximate surface area is 79.0 Å². The van der Waals surface area contributed by atoms with Gasteiger partial charge >= 0.3 is 5.97 Å². The molecule has 0 aromatic carbocycles. The van der Waals surface area contributed by atoms with Crippen LogP contribution in [0.2, 0.25) is 0 Å². The molecule has 2 aliphatic rings. The van der Waals surface area contributed by atoms with E-state index in [1.54, 1.807) is 6.08 Å². The van der Waals surface area contributed by atoms with Gasteiger partial charge in [-0.1, -0.05) is 0 Å². The van der Waals surface area contributed by atoms with Crippen LogP contribution < -0.4 is 0 Å². The minimum atomic E-state index is -2.33. The summed E-state index contributed by atoms with van der Waals surface area (Å²) in [5.74, 6) is -2.14. The molecule has 1 atom stereocenters. The van der Waals surface area contributed by atoms with Crippen molar-refractivity contribution in [1.82, 2.24) is 0 Å². The molecule has 1 unspecified atom stereocenters. The third-order valence-corrected chi connectivity index (χ3v) is 2.12. The molecule has 2 rings (SSSR count). The second-order valence-electron chi connectivity index (χ2n) is 3.03. The zero-order valence-electron chi connectivity index (χ0n) is 7.01. The Morgan fingerprint density at radius 3 is 2.86 bits per heavy atom. The average Bonchev–Trinajstić information content (AvgIpc) is 2.52. The van der Waals surface area contributed by atoms with Gasteiger partial charge in [-0.2, -0.15) is 0 Å². The maximum atomic E-state index is 10.7. The number of hydrogen-bond acceptors (Lipinski definition) is 4. The van der Waals surface area contributed by atoms with E-state index in [2.05, 4.69) is 4.99 Å². The van der Waals surface area contributed by atoms with Crippen LogP contribution in [0.3, 0.4) is 0 Å². The van der Waals surface area contributed by atoms with E-state index in [-0.39, 0.29) is 0 Å². The van der Waals surface area contributed by atoms with Crippen molar-refractivity contribution in [3.8, 4) is 0 Å². The predicted molar refractivity (Wildman–Crippen MR) is 48.0 cm³/mol. The molecule has 0 bridgehead atoms. The van der Waals surface area contributed by atoms with Crippen LogP contribution in [-0.4, -0.2) is 32.6 Å². The molecule has 0 fully saturated rings. The van der Waals surface area contributed by atoms with E-state index in [4.69, 9.17) is 5.11 Å². The lowest BCUT2D eigenvalue weighted by Crippen LogP contribution is -2.41. The Bertz CT molecular complexity index is 430. The zero-order chi connectivity index (χ0) is 10.3. The lowest BCUT2D eigenvalue weighted by molar-refractivity contribution is -0.152. The fourth-order valence-corrected chi connectivity index (χ4v) is 1.31. The maximum Gasteiger partial charge on any atom is 0.347 e. The first-order valence-electron chi connectivity index (χ1n) is 3.88. The van der Waals surface area contributed by atoms with Gasteiger partial charge in [-0.15, -0.1) is 0 Å². The van der Waals surface area contributed by atoms with Crippen molar-refractivity contribution in [2.45, 2.75) is 5.60 Å². The molecule has 0 aromatic rings. The van der Waals surface area contributed by atoms with Crippen molar-refractivity contribution in [3.05, 3.63) is 35.8 Å². The topological polar surface area (TPSA) is 90.1 Å². The second-order valence-corrected chi connectivity index (χ2v) is 3.03. The van der Waals surface area contributed by atoms with Crippen LogP contribution in [0.4, 0.5) is 0 Å². The molecule has 0 saturated carbocycles. The van der Waals surface area contributed by atoms with Gasteiger partial charge in [0.25, 0.3) is 0 Å².